The van der Waals surface area contributed by atoms with Crippen LogP contribution in [0.4, 0.5) is 0 Å². The molecule has 1 unspecified atom stereocenters. The molecule has 0 N–H and O–H groups in total. The van der Waals surface area contributed by atoms with Crippen LogP contribution in [0, 0.1) is 0 Å². The van der Waals surface area contributed by atoms with Gasteiger partial charge in [0.2, 0.25) is 0 Å². The second-order valence-electron chi connectivity index (χ2n) is 15.0. The first kappa shape index (κ1) is 56.5. The molecule has 0 aromatic heterocycles. The topological polar surface area (TPSA) is 78.9 Å². The number of hydrogen-bond acceptors (Lipinski definition) is 6. The molecule has 1 atom stereocenters. The van der Waals surface area contributed by atoms with Crippen molar-refractivity contribution in [2.45, 2.75) is 181 Å². The number of hydrogen-bond donors (Lipinski definition) is 0. The van der Waals surface area contributed by atoms with Gasteiger partial charge in [-0.2, -0.15) is 0 Å². The largest absolute Gasteiger partial charge is 0.462 e. The van der Waals surface area contributed by atoms with Crippen LogP contribution >= 0.6 is 0 Å². The van der Waals surface area contributed by atoms with Crippen LogP contribution in [0.25, 0.3) is 0 Å². The monoisotopic (exact) mass is 841 g/mol. The second kappa shape index (κ2) is 48.2. The van der Waals surface area contributed by atoms with E-state index in [9.17, 15) is 14.4 Å². The lowest BCUT2D eigenvalue weighted by Gasteiger charge is -2.18. The number of carbonyl (C=O) groups excluding carboxylic acids is 3. The van der Waals surface area contributed by atoms with Gasteiger partial charge in [0.25, 0.3) is 0 Å². The van der Waals surface area contributed by atoms with Crippen LogP contribution in [-0.4, -0.2) is 37.2 Å². The van der Waals surface area contributed by atoms with Crippen LogP contribution in [0.5, 0.6) is 0 Å². The summed E-state index contributed by atoms with van der Waals surface area (Å²) in [4.78, 5) is 37.9. The van der Waals surface area contributed by atoms with Gasteiger partial charge >= 0.3 is 17.9 Å². The summed E-state index contributed by atoms with van der Waals surface area (Å²) in [6, 6.07) is 0. The van der Waals surface area contributed by atoms with E-state index in [1.165, 1.54) is 0 Å². The fraction of sp³-hybridized carbons (Fsp3) is 0.545. The van der Waals surface area contributed by atoms with Crippen LogP contribution < -0.4 is 0 Å². The average molecular weight is 841 g/mol. The Morgan fingerprint density at radius 1 is 0.344 bits per heavy atom. The molecule has 6 heteroatoms. The van der Waals surface area contributed by atoms with Gasteiger partial charge in [0, 0.05) is 19.3 Å². The SMILES string of the molecule is CC\C=C/C=C\C=C/C=C\CCCCCC(=O)OCC(COC(=O)CCCCC/C=C\C/C=C\C/C=C\C/C=C\CC)OC(=O)CCCCCC/C=C\C/C=C\C/C=C\CC. The average Bonchev–Trinajstić information content (AvgIpc) is 3.26. The standard InChI is InChI=1S/C55H84O6/c1-4-7-10-13-16-19-22-25-27-28-31-33-36-39-42-45-48-54(57)60-51-52(50-59-53(56)47-44-41-38-35-32-29-24-21-18-15-12-9-6-3)61-55(58)49-46-43-40-37-34-30-26-23-20-17-14-11-8-5-2/h7-12,15-21,24-27,29-33,52H,4-6,13-14,22-23,28,34-51H2,1-3H3/b10-7-,11-8-,12-9-,18-15-,19-16-,20-17-,24-21-,27-25-,30-26-,32-29-,33-31-. The fourth-order valence-electron chi connectivity index (χ4n) is 5.75. The molecule has 0 rings (SSSR count). The first-order valence-corrected chi connectivity index (χ1v) is 23.7. The quantitative estimate of drug-likeness (QED) is 0.0201. The van der Waals surface area contributed by atoms with Crippen LogP contribution in [0.15, 0.2) is 134 Å². The van der Waals surface area contributed by atoms with Crippen molar-refractivity contribution in [3.05, 3.63) is 134 Å². The Morgan fingerprint density at radius 3 is 1.11 bits per heavy atom. The Hall–Kier alpha value is -4.45. The number of ether oxygens (including phenoxy) is 3. The first-order valence-electron chi connectivity index (χ1n) is 23.7. The lowest BCUT2D eigenvalue weighted by Crippen LogP contribution is -2.30. The van der Waals surface area contributed by atoms with E-state index in [-0.39, 0.29) is 37.5 Å². The van der Waals surface area contributed by atoms with Crippen molar-refractivity contribution in [1.82, 2.24) is 0 Å². The lowest BCUT2D eigenvalue weighted by atomic mass is 10.1. The lowest BCUT2D eigenvalue weighted by molar-refractivity contribution is -0.167. The predicted octanol–water partition coefficient (Wildman–Crippen LogP) is 15.5. The first-order chi connectivity index (χ1) is 30.0. The molecule has 0 aliphatic carbocycles. The Labute approximate surface area is 373 Å². The number of esters is 3. The number of allylic oxidation sites excluding steroid dienone is 22. The molecule has 0 spiro atoms. The van der Waals surface area contributed by atoms with Crippen LogP contribution in [0.3, 0.4) is 0 Å². The van der Waals surface area contributed by atoms with Crippen molar-refractivity contribution in [2.75, 3.05) is 13.2 Å². The maximum atomic E-state index is 12.8. The maximum absolute atomic E-state index is 12.8. The second-order valence-corrected chi connectivity index (χ2v) is 15.0. The van der Waals surface area contributed by atoms with E-state index in [1.54, 1.807) is 0 Å². The molecule has 0 bridgehead atoms. The molecule has 0 aliphatic rings. The molecule has 0 amide bonds. The summed E-state index contributed by atoms with van der Waals surface area (Å²) in [5, 5.41) is 0. The minimum atomic E-state index is -0.823. The van der Waals surface area contributed by atoms with Crippen molar-refractivity contribution in [3.8, 4) is 0 Å². The van der Waals surface area contributed by atoms with E-state index >= 15 is 0 Å². The third-order valence-corrected chi connectivity index (χ3v) is 9.23. The summed E-state index contributed by atoms with van der Waals surface area (Å²) in [5.41, 5.74) is 0. The van der Waals surface area contributed by atoms with E-state index in [4.69, 9.17) is 14.2 Å². The Bertz CT molecular complexity index is 1380. The molecule has 0 aliphatic heterocycles. The van der Waals surface area contributed by atoms with Crippen LogP contribution in [0.2, 0.25) is 0 Å². The normalized spacial score (nSPS) is 13.3. The number of rotatable bonds is 40. The van der Waals surface area contributed by atoms with E-state index < -0.39 is 6.10 Å². The summed E-state index contributed by atoms with van der Waals surface area (Å²) >= 11 is 0. The van der Waals surface area contributed by atoms with E-state index in [0.29, 0.717) is 12.8 Å². The van der Waals surface area contributed by atoms with Crippen molar-refractivity contribution in [1.29, 1.82) is 0 Å². The molecule has 0 aromatic rings. The highest BCUT2D eigenvalue weighted by molar-refractivity contribution is 5.71. The highest BCUT2D eigenvalue weighted by Crippen LogP contribution is 2.11. The zero-order valence-corrected chi connectivity index (χ0v) is 38.6. The Balaban J connectivity index is 4.57. The summed E-state index contributed by atoms with van der Waals surface area (Å²) < 4.78 is 16.7. The highest BCUT2D eigenvalue weighted by Gasteiger charge is 2.19. The molecule has 6 nitrogen and oxygen atoms in total. The van der Waals surface area contributed by atoms with Crippen molar-refractivity contribution in [2.24, 2.45) is 0 Å². The van der Waals surface area contributed by atoms with Crippen molar-refractivity contribution in [3.63, 3.8) is 0 Å². The maximum Gasteiger partial charge on any atom is 0.306 e. The number of unbranched alkanes of at least 4 members (excludes halogenated alkanes) is 10. The zero-order chi connectivity index (χ0) is 44.4. The van der Waals surface area contributed by atoms with Gasteiger partial charge in [0.1, 0.15) is 13.2 Å². The smallest absolute Gasteiger partial charge is 0.306 e. The summed E-state index contributed by atoms with van der Waals surface area (Å²) in [6.07, 6.45) is 67.2. The van der Waals surface area contributed by atoms with Crippen molar-refractivity contribution < 1.29 is 28.6 Å². The van der Waals surface area contributed by atoms with Gasteiger partial charge in [-0.1, -0.05) is 180 Å². The van der Waals surface area contributed by atoms with Gasteiger partial charge in [-0.3, -0.25) is 14.4 Å². The van der Waals surface area contributed by atoms with E-state index in [2.05, 4.69) is 118 Å². The number of carbonyl (C=O) groups is 3. The van der Waals surface area contributed by atoms with Gasteiger partial charge in [0.05, 0.1) is 0 Å². The molecule has 0 heterocycles. The molecule has 0 aromatic carbocycles. The molecule has 61 heavy (non-hydrogen) atoms. The predicted molar refractivity (Wildman–Crippen MR) is 260 cm³/mol. The van der Waals surface area contributed by atoms with Gasteiger partial charge in [0.15, 0.2) is 6.10 Å². The summed E-state index contributed by atoms with van der Waals surface area (Å²) in [7, 11) is 0. The fourth-order valence-corrected chi connectivity index (χ4v) is 5.75. The molecule has 0 radical (unpaired) electrons. The molecule has 0 saturated heterocycles. The summed E-state index contributed by atoms with van der Waals surface area (Å²) in [6.45, 7) is 6.15. The molecule has 340 valence electrons. The molecular formula is C55H84O6. The van der Waals surface area contributed by atoms with Gasteiger partial charge < -0.3 is 14.2 Å². The third-order valence-electron chi connectivity index (χ3n) is 9.23. The van der Waals surface area contributed by atoms with E-state index in [0.717, 1.165) is 135 Å². The Kier molecular flexibility index (Phi) is 44.7. The molecular weight excluding hydrogens is 757 g/mol. The highest BCUT2D eigenvalue weighted by atomic mass is 16.6. The van der Waals surface area contributed by atoms with E-state index in [1.807, 2.05) is 36.5 Å². The van der Waals surface area contributed by atoms with Crippen LogP contribution in [-0.2, 0) is 28.6 Å². The van der Waals surface area contributed by atoms with Crippen LogP contribution in [0.1, 0.15) is 175 Å². The van der Waals surface area contributed by atoms with Gasteiger partial charge in [-0.05, 0) is 109 Å². The third kappa shape index (κ3) is 46.5. The molecule has 0 saturated carbocycles. The zero-order valence-electron chi connectivity index (χ0n) is 38.6. The van der Waals surface area contributed by atoms with Crippen molar-refractivity contribution >= 4 is 17.9 Å². The minimum absolute atomic E-state index is 0.122. The summed E-state index contributed by atoms with van der Waals surface area (Å²) in [5.74, 6) is -1.03. The van der Waals surface area contributed by atoms with Gasteiger partial charge in [-0.15, -0.1) is 0 Å². The molecule has 0 fully saturated rings. The minimum Gasteiger partial charge on any atom is -0.462 e. The Morgan fingerprint density at radius 2 is 0.672 bits per heavy atom. The van der Waals surface area contributed by atoms with Gasteiger partial charge in [-0.25, -0.2) is 0 Å².